The molecule has 1 N–H and O–H groups in total. The fourth-order valence-corrected chi connectivity index (χ4v) is 4.80. The van der Waals surface area contributed by atoms with Crippen molar-refractivity contribution in [3.05, 3.63) is 0 Å². The topological polar surface area (TPSA) is 20.2 Å². The van der Waals surface area contributed by atoms with Gasteiger partial charge in [0.25, 0.3) is 0 Å². The molecule has 0 aliphatic heterocycles. The number of aliphatic hydroxyl groups excluding tert-OH is 1. The Morgan fingerprint density at radius 3 is 0.968 bits per heavy atom. The molecular formula is C30H62O. The van der Waals surface area contributed by atoms with E-state index in [4.69, 9.17) is 0 Å². The van der Waals surface area contributed by atoms with Crippen molar-refractivity contribution in [3.63, 3.8) is 0 Å². The molecule has 0 bridgehead atoms. The van der Waals surface area contributed by atoms with Gasteiger partial charge in [0.1, 0.15) is 0 Å². The quantitative estimate of drug-likeness (QED) is 0.133. The molecule has 0 radical (unpaired) electrons. The van der Waals surface area contributed by atoms with Crippen LogP contribution in [-0.4, -0.2) is 11.2 Å². The zero-order chi connectivity index (χ0) is 22.8. The van der Waals surface area contributed by atoms with Crippen LogP contribution in [0, 0.1) is 5.92 Å². The summed E-state index contributed by atoms with van der Waals surface area (Å²) in [4.78, 5) is 0. The highest BCUT2D eigenvalue weighted by molar-refractivity contribution is 4.65. The van der Waals surface area contributed by atoms with E-state index in [2.05, 4.69) is 20.8 Å². The first-order chi connectivity index (χ1) is 15.2. The molecule has 0 fully saturated rings. The largest absolute Gasteiger partial charge is 0.393 e. The Morgan fingerprint density at radius 1 is 0.387 bits per heavy atom. The van der Waals surface area contributed by atoms with Crippen LogP contribution in [0.15, 0.2) is 0 Å². The molecule has 0 saturated carbocycles. The lowest BCUT2D eigenvalue weighted by atomic mass is 9.93. The highest BCUT2D eigenvalue weighted by Gasteiger charge is 2.13. The number of hydrogen-bond acceptors (Lipinski definition) is 1. The van der Waals surface area contributed by atoms with E-state index in [0.29, 0.717) is 5.92 Å². The molecule has 2 unspecified atom stereocenters. The summed E-state index contributed by atoms with van der Waals surface area (Å²) >= 11 is 0. The molecule has 0 aromatic carbocycles. The van der Waals surface area contributed by atoms with Gasteiger partial charge in [-0.15, -0.1) is 0 Å². The molecule has 31 heavy (non-hydrogen) atoms. The summed E-state index contributed by atoms with van der Waals surface area (Å²) in [5.74, 6) is 0.492. The summed E-state index contributed by atoms with van der Waals surface area (Å²) in [7, 11) is 0. The third kappa shape index (κ3) is 24.4. The predicted molar refractivity (Wildman–Crippen MR) is 142 cm³/mol. The Bertz CT molecular complexity index is 314. The smallest absolute Gasteiger partial charge is 0.0565 e. The Kier molecular flexibility index (Phi) is 26.2. The van der Waals surface area contributed by atoms with E-state index in [1.807, 2.05) is 0 Å². The van der Waals surface area contributed by atoms with Crippen LogP contribution >= 0.6 is 0 Å². The van der Waals surface area contributed by atoms with Gasteiger partial charge in [-0.2, -0.15) is 0 Å². The van der Waals surface area contributed by atoms with Gasteiger partial charge in [-0.3, -0.25) is 0 Å². The van der Waals surface area contributed by atoms with Crippen LogP contribution < -0.4 is 0 Å². The van der Waals surface area contributed by atoms with Crippen LogP contribution in [0.25, 0.3) is 0 Å². The van der Waals surface area contributed by atoms with E-state index in [-0.39, 0.29) is 6.10 Å². The van der Waals surface area contributed by atoms with Crippen LogP contribution in [0.5, 0.6) is 0 Å². The molecule has 0 aromatic rings. The minimum atomic E-state index is -0.0635. The highest BCUT2D eigenvalue weighted by Crippen LogP contribution is 2.20. The third-order valence-electron chi connectivity index (χ3n) is 7.27. The Hall–Kier alpha value is -0.0400. The molecule has 0 aromatic heterocycles. The van der Waals surface area contributed by atoms with E-state index in [9.17, 15) is 5.11 Å². The summed E-state index contributed by atoms with van der Waals surface area (Å²) in [5, 5.41) is 10.4. The molecule has 0 aliphatic carbocycles. The zero-order valence-corrected chi connectivity index (χ0v) is 22.3. The molecule has 2 atom stereocenters. The van der Waals surface area contributed by atoms with Crippen molar-refractivity contribution in [2.45, 2.75) is 187 Å². The minimum absolute atomic E-state index is 0.0635. The second-order valence-electron chi connectivity index (χ2n) is 10.5. The summed E-state index contributed by atoms with van der Waals surface area (Å²) in [6.45, 7) is 6.84. The van der Waals surface area contributed by atoms with Gasteiger partial charge in [0, 0.05) is 0 Å². The second-order valence-corrected chi connectivity index (χ2v) is 10.5. The van der Waals surface area contributed by atoms with E-state index in [1.54, 1.807) is 0 Å². The molecule has 188 valence electrons. The van der Waals surface area contributed by atoms with Crippen molar-refractivity contribution in [1.29, 1.82) is 0 Å². The van der Waals surface area contributed by atoms with Gasteiger partial charge in [0.15, 0.2) is 0 Å². The van der Waals surface area contributed by atoms with Gasteiger partial charge in [-0.05, 0) is 18.8 Å². The van der Waals surface area contributed by atoms with E-state index in [1.165, 1.54) is 154 Å². The van der Waals surface area contributed by atoms with Crippen molar-refractivity contribution in [1.82, 2.24) is 0 Å². The lowest BCUT2D eigenvalue weighted by molar-refractivity contribution is 0.0985. The standard InChI is InChI=1S/C30H62O/c1-4-6-8-10-12-14-15-16-17-18-20-22-24-26-28-30(31)29(3)27-25-23-21-19-13-11-9-7-5-2/h29-31H,4-28H2,1-3H3. The van der Waals surface area contributed by atoms with Crippen LogP contribution in [0.1, 0.15) is 181 Å². The minimum Gasteiger partial charge on any atom is -0.393 e. The number of hydrogen-bond donors (Lipinski definition) is 1. The molecule has 0 saturated heterocycles. The van der Waals surface area contributed by atoms with E-state index in [0.717, 1.165) is 6.42 Å². The molecule has 0 rings (SSSR count). The first-order valence-electron chi connectivity index (χ1n) is 14.9. The van der Waals surface area contributed by atoms with Gasteiger partial charge < -0.3 is 5.11 Å². The summed E-state index contributed by atoms with van der Waals surface area (Å²) < 4.78 is 0. The zero-order valence-electron chi connectivity index (χ0n) is 22.3. The second kappa shape index (κ2) is 26.2. The van der Waals surface area contributed by atoms with Crippen LogP contribution in [-0.2, 0) is 0 Å². The third-order valence-corrected chi connectivity index (χ3v) is 7.27. The fourth-order valence-electron chi connectivity index (χ4n) is 4.80. The first kappa shape index (κ1) is 31.0. The summed E-state index contributed by atoms with van der Waals surface area (Å²) in [6, 6.07) is 0. The van der Waals surface area contributed by atoms with Crippen molar-refractivity contribution in [2.24, 2.45) is 5.92 Å². The molecular weight excluding hydrogens is 376 g/mol. The van der Waals surface area contributed by atoms with Crippen molar-refractivity contribution >= 4 is 0 Å². The fraction of sp³-hybridized carbons (Fsp3) is 1.00. The Morgan fingerprint density at radius 2 is 0.645 bits per heavy atom. The molecule has 0 amide bonds. The molecule has 1 nitrogen and oxygen atoms in total. The number of unbranched alkanes of at least 4 members (excludes halogenated alkanes) is 21. The van der Waals surface area contributed by atoms with Gasteiger partial charge in [-0.1, -0.05) is 168 Å². The summed E-state index contributed by atoms with van der Waals surface area (Å²) in [5.41, 5.74) is 0. The normalized spacial score (nSPS) is 13.5. The maximum Gasteiger partial charge on any atom is 0.0565 e. The molecule has 1 heteroatoms. The highest BCUT2D eigenvalue weighted by atomic mass is 16.3. The first-order valence-corrected chi connectivity index (χ1v) is 14.9. The Labute approximate surface area is 198 Å². The SMILES string of the molecule is CCCCCCCCCCCCCCCCC(O)C(C)CCCCCCCCCCC. The lowest BCUT2D eigenvalue weighted by Crippen LogP contribution is -2.17. The molecule has 0 heterocycles. The lowest BCUT2D eigenvalue weighted by Gasteiger charge is -2.18. The van der Waals surface area contributed by atoms with Crippen molar-refractivity contribution in [3.8, 4) is 0 Å². The van der Waals surface area contributed by atoms with E-state index < -0.39 is 0 Å². The number of aliphatic hydroxyl groups is 1. The Balaban J connectivity index is 3.27. The van der Waals surface area contributed by atoms with Crippen molar-refractivity contribution in [2.75, 3.05) is 0 Å². The van der Waals surface area contributed by atoms with Gasteiger partial charge in [0.2, 0.25) is 0 Å². The van der Waals surface area contributed by atoms with Crippen LogP contribution in [0.2, 0.25) is 0 Å². The van der Waals surface area contributed by atoms with Crippen LogP contribution in [0.3, 0.4) is 0 Å². The van der Waals surface area contributed by atoms with Gasteiger partial charge in [-0.25, -0.2) is 0 Å². The maximum absolute atomic E-state index is 10.4. The average molecular weight is 439 g/mol. The molecule has 0 aliphatic rings. The van der Waals surface area contributed by atoms with Gasteiger partial charge in [0.05, 0.1) is 6.10 Å². The number of rotatable bonds is 26. The van der Waals surface area contributed by atoms with E-state index >= 15 is 0 Å². The van der Waals surface area contributed by atoms with Gasteiger partial charge >= 0.3 is 0 Å². The monoisotopic (exact) mass is 438 g/mol. The molecule has 0 spiro atoms. The van der Waals surface area contributed by atoms with Crippen LogP contribution in [0.4, 0.5) is 0 Å². The van der Waals surface area contributed by atoms with Crippen molar-refractivity contribution < 1.29 is 5.11 Å². The maximum atomic E-state index is 10.4. The summed E-state index contributed by atoms with van der Waals surface area (Å²) in [6.07, 6.45) is 34.4. The predicted octanol–water partition coefficient (Wildman–Crippen LogP) is 10.8. The average Bonchev–Trinajstić information content (AvgIpc) is 2.77.